The second-order valence-corrected chi connectivity index (χ2v) is 7.65. The van der Waals surface area contributed by atoms with Crippen molar-refractivity contribution in [2.75, 3.05) is 45.2 Å². The molecule has 1 saturated carbocycles. The van der Waals surface area contributed by atoms with Crippen LogP contribution < -0.4 is 10.2 Å². The van der Waals surface area contributed by atoms with E-state index in [0.717, 1.165) is 49.4 Å². The van der Waals surface area contributed by atoms with Gasteiger partial charge in [-0.15, -0.1) is 0 Å². The topological polar surface area (TPSA) is 81.6 Å². The highest BCUT2D eigenvalue weighted by molar-refractivity contribution is 5.96. The van der Waals surface area contributed by atoms with Crippen molar-refractivity contribution >= 4 is 11.7 Å². The van der Waals surface area contributed by atoms with Gasteiger partial charge in [-0.2, -0.15) is 0 Å². The molecule has 2 N–H and O–H groups in total. The maximum atomic E-state index is 12.2. The van der Waals surface area contributed by atoms with Crippen molar-refractivity contribution in [2.24, 2.45) is 0 Å². The molecule has 2 fully saturated rings. The van der Waals surface area contributed by atoms with Gasteiger partial charge in [0.25, 0.3) is 5.91 Å². The van der Waals surface area contributed by atoms with Gasteiger partial charge >= 0.3 is 0 Å². The van der Waals surface area contributed by atoms with Gasteiger partial charge in [0.1, 0.15) is 17.3 Å². The fourth-order valence-electron chi connectivity index (χ4n) is 3.83. The second-order valence-electron chi connectivity index (χ2n) is 7.65. The Balaban J connectivity index is 1.68. The molecule has 4 rings (SSSR count). The fraction of sp³-hybridized carbons (Fsp3) is 0.706. The van der Waals surface area contributed by atoms with E-state index in [1.54, 1.807) is 0 Å². The third kappa shape index (κ3) is 2.86. The number of nitrogens with zero attached hydrogens (tertiary/aromatic N) is 4. The molecule has 3 heterocycles. The molecule has 1 aromatic rings. The summed E-state index contributed by atoms with van der Waals surface area (Å²) in [6, 6.07) is 0. The van der Waals surface area contributed by atoms with Gasteiger partial charge in [-0.1, -0.05) is 0 Å². The van der Waals surface area contributed by atoms with E-state index in [9.17, 15) is 9.90 Å². The summed E-state index contributed by atoms with van der Waals surface area (Å²) in [6.45, 7) is 2.58. The molecular formula is C17H25N5O2. The van der Waals surface area contributed by atoms with E-state index in [4.69, 9.17) is 4.98 Å². The highest BCUT2D eigenvalue weighted by atomic mass is 16.3. The molecule has 7 heteroatoms. The summed E-state index contributed by atoms with van der Waals surface area (Å²) in [7, 11) is 3.95. The average Bonchev–Trinajstić information content (AvgIpc) is 3.30. The Hall–Kier alpha value is -1.73. The van der Waals surface area contributed by atoms with Crippen LogP contribution in [0.3, 0.4) is 0 Å². The van der Waals surface area contributed by atoms with Gasteiger partial charge < -0.3 is 20.2 Å². The van der Waals surface area contributed by atoms with Crippen molar-refractivity contribution in [1.82, 2.24) is 20.2 Å². The predicted molar refractivity (Wildman–Crippen MR) is 90.4 cm³/mol. The van der Waals surface area contributed by atoms with Crippen molar-refractivity contribution in [3.8, 4) is 0 Å². The SMILES string of the molecule is CN(C)CC1(O)CCN(c2nc(C3CC3)nc3c2CCNC3=O)C1. The van der Waals surface area contributed by atoms with Crippen LogP contribution in [-0.4, -0.2) is 71.8 Å². The fourth-order valence-corrected chi connectivity index (χ4v) is 3.83. The largest absolute Gasteiger partial charge is 0.387 e. The zero-order valence-electron chi connectivity index (χ0n) is 14.4. The van der Waals surface area contributed by atoms with Crippen molar-refractivity contribution in [2.45, 2.75) is 37.2 Å². The van der Waals surface area contributed by atoms with Crippen LogP contribution in [0.25, 0.3) is 0 Å². The number of β-amino-alcohol motifs (C(OH)–C–C–N with tert-alkyl or cyclic N) is 1. The number of aromatic nitrogens is 2. The highest BCUT2D eigenvalue weighted by Crippen LogP contribution is 2.40. The molecule has 0 bridgehead atoms. The first-order valence-corrected chi connectivity index (χ1v) is 8.76. The molecule has 1 aliphatic carbocycles. The Morgan fingerprint density at radius 1 is 1.38 bits per heavy atom. The van der Waals surface area contributed by atoms with E-state index in [2.05, 4.69) is 15.2 Å². The minimum absolute atomic E-state index is 0.0930. The number of fused-ring (bicyclic) bond motifs is 1. The maximum absolute atomic E-state index is 12.2. The Kier molecular flexibility index (Phi) is 3.73. The summed E-state index contributed by atoms with van der Waals surface area (Å²) in [4.78, 5) is 25.8. The molecule has 1 aromatic heterocycles. The van der Waals surface area contributed by atoms with Crippen LogP contribution in [0.2, 0.25) is 0 Å². The van der Waals surface area contributed by atoms with Gasteiger partial charge in [0.05, 0.1) is 5.60 Å². The van der Waals surface area contributed by atoms with Crippen molar-refractivity contribution < 1.29 is 9.90 Å². The van der Waals surface area contributed by atoms with E-state index in [1.165, 1.54) is 0 Å². The Morgan fingerprint density at radius 2 is 2.17 bits per heavy atom. The second kappa shape index (κ2) is 5.67. The van der Waals surface area contributed by atoms with Crippen LogP contribution in [0.4, 0.5) is 5.82 Å². The lowest BCUT2D eigenvalue weighted by Crippen LogP contribution is -2.43. The zero-order chi connectivity index (χ0) is 16.9. The lowest BCUT2D eigenvalue weighted by molar-refractivity contribution is 0.0365. The number of rotatable bonds is 4. The molecule has 1 saturated heterocycles. The first kappa shape index (κ1) is 15.8. The number of likely N-dealkylation sites (N-methyl/N-ethyl adjacent to an activating group) is 1. The molecule has 7 nitrogen and oxygen atoms in total. The van der Waals surface area contributed by atoms with Crippen molar-refractivity contribution in [3.05, 3.63) is 17.1 Å². The number of nitrogens with one attached hydrogen (secondary N) is 1. The first-order chi connectivity index (χ1) is 11.5. The van der Waals surface area contributed by atoms with Gasteiger partial charge in [0, 0.05) is 37.7 Å². The van der Waals surface area contributed by atoms with E-state index in [-0.39, 0.29) is 5.91 Å². The summed E-state index contributed by atoms with van der Waals surface area (Å²) >= 11 is 0. The van der Waals surface area contributed by atoms with Crippen LogP contribution in [-0.2, 0) is 6.42 Å². The van der Waals surface area contributed by atoms with E-state index in [1.807, 2.05) is 19.0 Å². The number of aliphatic hydroxyl groups is 1. The van der Waals surface area contributed by atoms with Gasteiger partial charge in [-0.25, -0.2) is 9.97 Å². The minimum Gasteiger partial charge on any atom is -0.387 e. The molecule has 0 spiro atoms. The zero-order valence-corrected chi connectivity index (χ0v) is 14.4. The Morgan fingerprint density at radius 3 is 2.88 bits per heavy atom. The molecule has 1 unspecified atom stereocenters. The van der Waals surface area contributed by atoms with Crippen LogP contribution in [0.5, 0.6) is 0 Å². The van der Waals surface area contributed by atoms with Gasteiger partial charge in [-0.05, 0) is 39.8 Å². The lowest BCUT2D eigenvalue weighted by atomic mass is 10.0. The van der Waals surface area contributed by atoms with Gasteiger partial charge in [-0.3, -0.25) is 4.79 Å². The van der Waals surface area contributed by atoms with Crippen molar-refractivity contribution in [3.63, 3.8) is 0 Å². The smallest absolute Gasteiger partial charge is 0.270 e. The van der Waals surface area contributed by atoms with Gasteiger partial charge in [0.2, 0.25) is 0 Å². The van der Waals surface area contributed by atoms with Crippen LogP contribution >= 0.6 is 0 Å². The third-order valence-electron chi connectivity index (χ3n) is 5.06. The predicted octanol–water partition coefficient (Wildman–Crippen LogP) is 0.143. The number of carbonyl (C=O) groups is 1. The van der Waals surface area contributed by atoms with Crippen molar-refractivity contribution in [1.29, 1.82) is 0 Å². The number of hydrogen-bond acceptors (Lipinski definition) is 6. The summed E-state index contributed by atoms with van der Waals surface area (Å²) in [6.07, 6.45) is 3.67. The molecule has 2 aliphatic heterocycles. The number of hydrogen-bond donors (Lipinski definition) is 2. The molecule has 1 atom stereocenters. The average molecular weight is 331 g/mol. The van der Waals surface area contributed by atoms with Crippen LogP contribution in [0.1, 0.15) is 47.1 Å². The Bertz CT molecular complexity index is 673. The molecular weight excluding hydrogens is 306 g/mol. The molecule has 130 valence electrons. The van der Waals surface area contributed by atoms with E-state index < -0.39 is 5.60 Å². The maximum Gasteiger partial charge on any atom is 0.270 e. The molecule has 0 radical (unpaired) electrons. The van der Waals surface area contributed by atoms with Crippen LogP contribution in [0.15, 0.2) is 0 Å². The first-order valence-electron chi connectivity index (χ1n) is 8.76. The quantitative estimate of drug-likeness (QED) is 0.817. The number of carbonyl (C=O) groups excluding carboxylic acids is 1. The minimum atomic E-state index is -0.724. The highest BCUT2D eigenvalue weighted by Gasteiger charge is 2.40. The molecule has 3 aliphatic rings. The lowest BCUT2D eigenvalue weighted by Gasteiger charge is -2.29. The van der Waals surface area contributed by atoms with E-state index in [0.29, 0.717) is 31.2 Å². The molecule has 24 heavy (non-hydrogen) atoms. The van der Waals surface area contributed by atoms with Crippen LogP contribution in [0, 0.1) is 0 Å². The standard InChI is InChI=1S/C17H25N5O2/c1-21(2)9-17(24)6-8-22(10-17)15-12-5-7-18-16(23)13(12)19-14(20-15)11-3-4-11/h11,24H,3-10H2,1-2H3,(H,18,23). The summed E-state index contributed by atoms with van der Waals surface area (Å²) in [5.41, 5.74) is 0.756. The summed E-state index contributed by atoms with van der Waals surface area (Å²) in [5, 5.41) is 13.7. The third-order valence-corrected chi connectivity index (χ3v) is 5.06. The monoisotopic (exact) mass is 331 g/mol. The van der Waals surface area contributed by atoms with E-state index >= 15 is 0 Å². The summed E-state index contributed by atoms with van der Waals surface area (Å²) in [5.74, 6) is 1.96. The Labute approximate surface area is 142 Å². The number of amides is 1. The molecule has 0 aromatic carbocycles. The normalized spacial score (nSPS) is 26.7. The van der Waals surface area contributed by atoms with Gasteiger partial charge in [0.15, 0.2) is 0 Å². The number of anilines is 1. The molecule has 1 amide bonds. The summed E-state index contributed by atoms with van der Waals surface area (Å²) < 4.78 is 0.